The molecule has 0 spiro atoms. The molecule has 1 aromatic heterocycles. The fraction of sp³-hybridized carbons (Fsp3) is 0.190. The number of nitrogens with zero attached hydrogens (tertiary/aromatic N) is 2. The van der Waals surface area contributed by atoms with Crippen LogP contribution in [0.3, 0.4) is 0 Å². The van der Waals surface area contributed by atoms with Crippen molar-refractivity contribution < 1.29 is 13.9 Å². The zero-order valence-electron chi connectivity index (χ0n) is 15.1. The van der Waals surface area contributed by atoms with Crippen molar-refractivity contribution in [2.24, 2.45) is 0 Å². The van der Waals surface area contributed by atoms with Crippen LogP contribution in [0.25, 0.3) is 0 Å². The zero-order chi connectivity index (χ0) is 19.2. The van der Waals surface area contributed by atoms with Gasteiger partial charge in [0.2, 0.25) is 0 Å². The van der Waals surface area contributed by atoms with E-state index in [-0.39, 0.29) is 5.82 Å². The van der Waals surface area contributed by atoms with Crippen LogP contribution in [-0.2, 0) is 13.1 Å². The van der Waals surface area contributed by atoms with E-state index in [4.69, 9.17) is 9.47 Å². The molecule has 0 aliphatic heterocycles. The Kier molecular flexibility index (Phi) is 6.49. The standard InChI is InChI=1S/C21H19FIN2O2/c1-26-17-7-3-15(4-8-17)13-25(21-20(22)19(23)11-12-24-21)14-16-5-9-18(27-2)10-6-16/h3-10,12H,13-14H2,1-2H3. The van der Waals surface area contributed by atoms with Crippen LogP contribution in [0.15, 0.2) is 54.7 Å². The van der Waals surface area contributed by atoms with E-state index < -0.39 is 0 Å². The van der Waals surface area contributed by atoms with E-state index in [0.29, 0.717) is 22.5 Å². The number of anilines is 1. The first-order valence-corrected chi connectivity index (χ1v) is 9.41. The van der Waals surface area contributed by atoms with E-state index in [2.05, 4.69) is 11.1 Å². The molecule has 3 aromatic rings. The third kappa shape index (κ3) is 4.88. The van der Waals surface area contributed by atoms with E-state index in [1.54, 1.807) is 14.2 Å². The highest BCUT2D eigenvalue weighted by molar-refractivity contribution is 14.1. The molecule has 0 amide bonds. The molecule has 0 atom stereocenters. The first kappa shape index (κ1) is 19.4. The van der Waals surface area contributed by atoms with Gasteiger partial charge in [-0.1, -0.05) is 24.3 Å². The summed E-state index contributed by atoms with van der Waals surface area (Å²) in [6.45, 7) is 1.03. The van der Waals surface area contributed by atoms with Crippen LogP contribution in [0, 0.1) is 15.5 Å². The van der Waals surface area contributed by atoms with Gasteiger partial charge in [-0.15, -0.1) is 0 Å². The summed E-state index contributed by atoms with van der Waals surface area (Å²) in [5.41, 5.74) is 2.07. The van der Waals surface area contributed by atoms with Gasteiger partial charge in [0, 0.05) is 25.4 Å². The molecule has 0 aliphatic rings. The van der Waals surface area contributed by atoms with E-state index in [1.165, 1.54) is 6.20 Å². The number of hydrogen-bond donors (Lipinski definition) is 0. The Bertz CT molecular complexity index is 836. The van der Waals surface area contributed by atoms with Crippen molar-refractivity contribution in [3.05, 3.63) is 81.3 Å². The topological polar surface area (TPSA) is 34.6 Å². The Hall–Kier alpha value is -2.35. The first-order chi connectivity index (χ1) is 13.1. The lowest BCUT2D eigenvalue weighted by Crippen LogP contribution is -2.24. The molecule has 1 radical (unpaired) electrons. The second kappa shape index (κ2) is 9.03. The van der Waals surface area contributed by atoms with Gasteiger partial charge >= 0.3 is 0 Å². The summed E-state index contributed by atoms with van der Waals surface area (Å²) in [6, 6.07) is 18.3. The average molecular weight is 477 g/mol. The number of methoxy groups -OCH3 is 2. The molecule has 0 aliphatic carbocycles. The minimum absolute atomic E-state index is 0.310. The number of pyridine rings is 1. The van der Waals surface area contributed by atoms with Crippen molar-refractivity contribution >= 4 is 28.4 Å². The van der Waals surface area contributed by atoms with Gasteiger partial charge < -0.3 is 14.4 Å². The van der Waals surface area contributed by atoms with Gasteiger partial charge in [-0.3, -0.25) is 0 Å². The molecule has 4 nitrogen and oxygen atoms in total. The maximum absolute atomic E-state index is 14.7. The molecular weight excluding hydrogens is 458 g/mol. The molecule has 27 heavy (non-hydrogen) atoms. The van der Waals surface area contributed by atoms with Crippen LogP contribution in [0.4, 0.5) is 10.2 Å². The number of benzene rings is 2. The van der Waals surface area contributed by atoms with Gasteiger partial charge in [0.15, 0.2) is 11.6 Å². The SMILES string of the molecule is COc1ccc(CN(Cc2ccc(OC)cc2)c2nc[c]c(I)c2F)cc1. The zero-order valence-corrected chi connectivity index (χ0v) is 17.2. The third-order valence-corrected chi connectivity index (χ3v) is 4.92. The largest absolute Gasteiger partial charge is 0.497 e. The first-order valence-electron chi connectivity index (χ1n) is 8.33. The molecule has 2 aromatic carbocycles. The predicted molar refractivity (Wildman–Crippen MR) is 112 cm³/mol. The molecule has 1 heterocycles. The van der Waals surface area contributed by atoms with Gasteiger partial charge in [0.25, 0.3) is 0 Å². The summed E-state index contributed by atoms with van der Waals surface area (Å²) in [4.78, 5) is 6.15. The molecule has 0 fully saturated rings. The predicted octanol–water partition coefficient (Wildman–Crippen LogP) is 4.85. The summed E-state index contributed by atoms with van der Waals surface area (Å²) >= 11 is 1.93. The molecule has 0 saturated heterocycles. The molecular formula is C21H19FIN2O2. The fourth-order valence-electron chi connectivity index (χ4n) is 2.70. The summed E-state index contributed by atoms with van der Waals surface area (Å²) in [5.74, 6) is 1.52. The maximum atomic E-state index is 14.7. The second-order valence-corrected chi connectivity index (χ2v) is 6.99. The highest BCUT2D eigenvalue weighted by Crippen LogP contribution is 2.25. The van der Waals surface area contributed by atoms with Crippen LogP contribution in [0.1, 0.15) is 11.1 Å². The molecule has 0 saturated carbocycles. The molecule has 0 unspecified atom stereocenters. The lowest BCUT2D eigenvalue weighted by molar-refractivity contribution is 0.414. The normalized spacial score (nSPS) is 10.5. The highest BCUT2D eigenvalue weighted by Gasteiger charge is 2.17. The Labute approximate surface area is 172 Å². The number of halogens is 2. The Morgan fingerprint density at radius 2 is 1.41 bits per heavy atom. The van der Waals surface area contributed by atoms with Crippen molar-refractivity contribution in [2.75, 3.05) is 19.1 Å². The van der Waals surface area contributed by atoms with Crippen LogP contribution >= 0.6 is 22.6 Å². The van der Waals surface area contributed by atoms with Crippen LogP contribution in [-0.4, -0.2) is 19.2 Å². The number of rotatable bonds is 7. The lowest BCUT2D eigenvalue weighted by Gasteiger charge is -2.25. The van der Waals surface area contributed by atoms with Gasteiger partial charge in [0.05, 0.1) is 17.8 Å². The average Bonchev–Trinajstić information content (AvgIpc) is 2.71. The van der Waals surface area contributed by atoms with E-state index in [1.807, 2.05) is 76.0 Å². The maximum Gasteiger partial charge on any atom is 0.179 e. The molecule has 6 heteroatoms. The lowest BCUT2D eigenvalue weighted by atomic mass is 10.1. The number of hydrogen-bond acceptors (Lipinski definition) is 4. The minimum Gasteiger partial charge on any atom is -0.497 e. The minimum atomic E-state index is -0.361. The number of ether oxygens (including phenoxy) is 2. The van der Waals surface area contributed by atoms with Crippen LogP contribution < -0.4 is 14.4 Å². The Balaban J connectivity index is 1.90. The van der Waals surface area contributed by atoms with Crippen LogP contribution in [0.5, 0.6) is 11.5 Å². The van der Waals surface area contributed by atoms with E-state index in [0.717, 1.165) is 22.6 Å². The smallest absolute Gasteiger partial charge is 0.179 e. The Morgan fingerprint density at radius 1 is 0.926 bits per heavy atom. The molecule has 0 N–H and O–H groups in total. The van der Waals surface area contributed by atoms with E-state index >= 15 is 0 Å². The summed E-state index contributed by atoms with van der Waals surface area (Å²) in [7, 11) is 3.26. The van der Waals surface area contributed by atoms with Crippen molar-refractivity contribution in [1.82, 2.24) is 4.98 Å². The monoisotopic (exact) mass is 477 g/mol. The Morgan fingerprint density at radius 3 is 1.85 bits per heavy atom. The summed E-state index contributed by atoms with van der Waals surface area (Å²) < 4.78 is 25.6. The highest BCUT2D eigenvalue weighted by atomic mass is 127. The summed E-state index contributed by atoms with van der Waals surface area (Å²) in [6.07, 6.45) is 1.51. The van der Waals surface area contributed by atoms with Crippen molar-refractivity contribution in [3.63, 3.8) is 0 Å². The number of aromatic nitrogens is 1. The van der Waals surface area contributed by atoms with Crippen LogP contribution in [0.2, 0.25) is 0 Å². The molecule has 139 valence electrons. The molecule has 3 rings (SSSR count). The van der Waals surface area contributed by atoms with Gasteiger partial charge in [0.1, 0.15) is 11.5 Å². The van der Waals surface area contributed by atoms with Gasteiger partial charge in [-0.05, 0) is 58.0 Å². The van der Waals surface area contributed by atoms with Gasteiger partial charge in [-0.25, -0.2) is 9.37 Å². The fourth-order valence-corrected chi connectivity index (χ4v) is 3.08. The molecule has 0 bridgehead atoms. The summed E-state index contributed by atoms with van der Waals surface area (Å²) in [5, 5.41) is 0. The van der Waals surface area contributed by atoms with Crippen molar-refractivity contribution in [2.45, 2.75) is 13.1 Å². The van der Waals surface area contributed by atoms with E-state index in [9.17, 15) is 4.39 Å². The quantitative estimate of drug-likeness (QED) is 0.456. The van der Waals surface area contributed by atoms with Gasteiger partial charge in [-0.2, -0.15) is 0 Å². The third-order valence-electron chi connectivity index (χ3n) is 4.13. The van der Waals surface area contributed by atoms with Crippen molar-refractivity contribution in [1.29, 1.82) is 0 Å². The van der Waals surface area contributed by atoms with Crippen molar-refractivity contribution in [3.8, 4) is 11.5 Å². The second-order valence-electron chi connectivity index (χ2n) is 5.91.